The fraction of sp³-hybridized carbons (Fsp3) is 0.176. The molecule has 1 aliphatic heterocycles. The fourth-order valence-electron chi connectivity index (χ4n) is 2.51. The molecule has 112 valence electrons. The average molecular weight is 315 g/mol. The maximum Gasteiger partial charge on any atom is 0.255 e. The number of aromatic amines is 1. The molecule has 1 amide bonds. The minimum absolute atomic E-state index is 0.0670. The van der Waals surface area contributed by atoms with Gasteiger partial charge in [-0.1, -0.05) is 29.8 Å². The largest absolute Gasteiger partial charge is 0.335 e. The van der Waals surface area contributed by atoms with E-state index in [1.807, 2.05) is 24.3 Å². The van der Waals surface area contributed by atoms with Crippen molar-refractivity contribution in [3.63, 3.8) is 0 Å². The van der Waals surface area contributed by atoms with E-state index >= 15 is 0 Å². The molecule has 0 saturated heterocycles. The van der Waals surface area contributed by atoms with Gasteiger partial charge in [-0.3, -0.25) is 9.59 Å². The van der Waals surface area contributed by atoms with Crippen molar-refractivity contribution in [3.8, 4) is 0 Å². The van der Waals surface area contributed by atoms with Crippen LogP contribution in [-0.2, 0) is 0 Å². The van der Waals surface area contributed by atoms with Crippen molar-refractivity contribution in [2.45, 2.75) is 6.42 Å². The molecule has 2 aromatic rings. The van der Waals surface area contributed by atoms with Gasteiger partial charge >= 0.3 is 0 Å². The summed E-state index contributed by atoms with van der Waals surface area (Å²) in [6, 6.07) is 10.7. The van der Waals surface area contributed by atoms with Gasteiger partial charge in [0, 0.05) is 30.4 Å². The molecule has 1 aliphatic rings. The molecule has 0 bridgehead atoms. The average Bonchev–Trinajstić information content (AvgIpc) is 2.56. The number of benzene rings is 1. The van der Waals surface area contributed by atoms with Crippen molar-refractivity contribution in [2.75, 3.05) is 13.1 Å². The highest BCUT2D eigenvalue weighted by atomic mass is 35.5. The third kappa shape index (κ3) is 3.12. The monoisotopic (exact) mass is 314 g/mol. The Labute approximate surface area is 133 Å². The van der Waals surface area contributed by atoms with Gasteiger partial charge in [-0.05, 0) is 35.8 Å². The number of carbonyl (C=O) groups is 1. The van der Waals surface area contributed by atoms with E-state index in [-0.39, 0.29) is 11.5 Å². The number of nitrogens with zero attached hydrogens (tertiary/aromatic N) is 1. The van der Waals surface area contributed by atoms with Gasteiger partial charge < -0.3 is 9.88 Å². The lowest BCUT2D eigenvalue weighted by Crippen LogP contribution is -2.34. The molecule has 22 heavy (non-hydrogen) atoms. The molecule has 1 aromatic heterocycles. The Hall–Kier alpha value is -2.33. The SMILES string of the molecule is O=C(c1ccc(=O)[nH]c1)N1CC=C(c2ccc(Cl)cc2)CC1. The molecule has 0 aliphatic carbocycles. The standard InChI is InChI=1S/C17H15ClN2O2/c18-15-4-1-12(2-5-15)13-7-9-20(10-8-13)17(22)14-3-6-16(21)19-11-14/h1-7,11H,8-10H2,(H,19,21). The topological polar surface area (TPSA) is 53.2 Å². The van der Waals surface area contributed by atoms with Crippen molar-refractivity contribution in [1.29, 1.82) is 0 Å². The molecule has 0 atom stereocenters. The quantitative estimate of drug-likeness (QED) is 0.926. The Balaban J connectivity index is 1.72. The van der Waals surface area contributed by atoms with Crippen molar-refractivity contribution in [3.05, 3.63) is 75.2 Å². The van der Waals surface area contributed by atoms with Gasteiger partial charge in [0.1, 0.15) is 0 Å². The number of hydrogen-bond acceptors (Lipinski definition) is 2. The minimum Gasteiger partial charge on any atom is -0.335 e. The first kappa shape index (κ1) is 14.6. The second-order valence-corrected chi connectivity index (χ2v) is 5.62. The summed E-state index contributed by atoms with van der Waals surface area (Å²) in [5, 5.41) is 0.718. The zero-order valence-electron chi connectivity index (χ0n) is 11.9. The zero-order valence-corrected chi connectivity index (χ0v) is 12.6. The number of rotatable bonds is 2. The van der Waals surface area contributed by atoms with Gasteiger partial charge in [-0.15, -0.1) is 0 Å². The van der Waals surface area contributed by atoms with Crippen molar-refractivity contribution in [1.82, 2.24) is 9.88 Å². The Morgan fingerprint density at radius 2 is 1.91 bits per heavy atom. The van der Waals surface area contributed by atoms with E-state index in [0.29, 0.717) is 18.7 Å². The van der Waals surface area contributed by atoms with Gasteiger partial charge in [-0.25, -0.2) is 0 Å². The molecule has 1 N–H and O–H groups in total. The Morgan fingerprint density at radius 1 is 1.14 bits per heavy atom. The summed E-state index contributed by atoms with van der Waals surface area (Å²) in [6.07, 6.45) is 4.33. The first-order valence-electron chi connectivity index (χ1n) is 7.06. The molecule has 4 nitrogen and oxygen atoms in total. The first-order chi connectivity index (χ1) is 10.6. The summed E-state index contributed by atoms with van der Waals surface area (Å²) in [4.78, 5) is 27.7. The number of carbonyl (C=O) groups excluding carboxylic acids is 1. The highest BCUT2D eigenvalue weighted by molar-refractivity contribution is 6.30. The van der Waals surface area contributed by atoms with E-state index in [0.717, 1.165) is 17.0 Å². The molecule has 3 rings (SSSR count). The summed E-state index contributed by atoms with van der Waals surface area (Å²) < 4.78 is 0. The van der Waals surface area contributed by atoms with E-state index in [2.05, 4.69) is 11.1 Å². The predicted molar refractivity (Wildman–Crippen MR) is 87.0 cm³/mol. The van der Waals surface area contributed by atoms with Gasteiger partial charge in [-0.2, -0.15) is 0 Å². The van der Waals surface area contributed by atoms with E-state index < -0.39 is 0 Å². The first-order valence-corrected chi connectivity index (χ1v) is 7.44. The smallest absolute Gasteiger partial charge is 0.255 e. The summed E-state index contributed by atoms with van der Waals surface area (Å²) in [6.45, 7) is 1.22. The van der Waals surface area contributed by atoms with Crippen LogP contribution in [0.3, 0.4) is 0 Å². The zero-order chi connectivity index (χ0) is 15.5. The third-order valence-electron chi connectivity index (χ3n) is 3.74. The number of hydrogen-bond donors (Lipinski definition) is 1. The Morgan fingerprint density at radius 3 is 2.50 bits per heavy atom. The second-order valence-electron chi connectivity index (χ2n) is 5.18. The number of H-pyrrole nitrogens is 1. The Kier molecular flexibility index (Phi) is 4.11. The third-order valence-corrected chi connectivity index (χ3v) is 3.99. The number of amides is 1. The van der Waals surface area contributed by atoms with Gasteiger partial charge in [0.25, 0.3) is 5.91 Å². The Bertz CT molecular complexity index is 757. The van der Waals surface area contributed by atoms with Gasteiger partial charge in [0.15, 0.2) is 0 Å². The van der Waals surface area contributed by atoms with Crippen LogP contribution in [0.4, 0.5) is 0 Å². The molecule has 2 heterocycles. The van der Waals surface area contributed by atoms with Crippen molar-refractivity contribution in [2.24, 2.45) is 0 Å². The van der Waals surface area contributed by atoms with Crippen LogP contribution in [0.5, 0.6) is 0 Å². The molecule has 0 radical (unpaired) electrons. The van der Waals surface area contributed by atoms with E-state index in [4.69, 9.17) is 11.6 Å². The lowest BCUT2D eigenvalue weighted by molar-refractivity contribution is 0.0772. The van der Waals surface area contributed by atoms with Crippen LogP contribution in [0.25, 0.3) is 5.57 Å². The van der Waals surface area contributed by atoms with E-state index in [1.165, 1.54) is 17.8 Å². The van der Waals surface area contributed by atoms with Crippen molar-refractivity contribution >= 4 is 23.1 Å². The highest BCUT2D eigenvalue weighted by Crippen LogP contribution is 2.24. The van der Waals surface area contributed by atoms with Crippen LogP contribution in [0.15, 0.2) is 53.5 Å². The maximum atomic E-state index is 12.4. The van der Waals surface area contributed by atoms with Crippen LogP contribution >= 0.6 is 11.6 Å². The summed E-state index contributed by atoms with van der Waals surface area (Å²) >= 11 is 5.90. The van der Waals surface area contributed by atoms with Gasteiger partial charge in [0.05, 0.1) is 5.56 Å². The van der Waals surface area contributed by atoms with Crippen molar-refractivity contribution < 1.29 is 4.79 Å². The van der Waals surface area contributed by atoms with Crippen LogP contribution in [0.1, 0.15) is 22.3 Å². The molecule has 1 aromatic carbocycles. The summed E-state index contributed by atoms with van der Waals surface area (Å²) in [5.74, 6) is -0.0670. The summed E-state index contributed by atoms with van der Waals surface area (Å²) in [5.41, 5.74) is 2.66. The molecule has 5 heteroatoms. The predicted octanol–water partition coefficient (Wildman–Crippen LogP) is 2.96. The molecule has 0 spiro atoms. The number of aromatic nitrogens is 1. The molecule has 0 fully saturated rings. The maximum absolute atomic E-state index is 12.4. The van der Waals surface area contributed by atoms with Crippen LogP contribution in [0.2, 0.25) is 5.02 Å². The molecule has 0 saturated carbocycles. The minimum atomic E-state index is -0.208. The lowest BCUT2D eigenvalue weighted by Gasteiger charge is -2.26. The lowest BCUT2D eigenvalue weighted by atomic mass is 9.99. The van der Waals surface area contributed by atoms with Crippen LogP contribution in [-0.4, -0.2) is 28.9 Å². The normalized spacial score (nSPS) is 14.6. The number of pyridine rings is 1. The molecule has 0 unspecified atom stereocenters. The van der Waals surface area contributed by atoms with E-state index in [9.17, 15) is 9.59 Å². The number of halogens is 1. The molecular weight excluding hydrogens is 300 g/mol. The fourth-order valence-corrected chi connectivity index (χ4v) is 2.63. The summed E-state index contributed by atoms with van der Waals surface area (Å²) in [7, 11) is 0. The highest BCUT2D eigenvalue weighted by Gasteiger charge is 2.19. The van der Waals surface area contributed by atoms with Gasteiger partial charge in [0.2, 0.25) is 5.56 Å². The van der Waals surface area contributed by atoms with E-state index in [1.54, 1.807) is 11.0 Å². The number of nitrogens with one attached hydrogen (secondary N) is 1. The molecular formula is C17H15ClN2O2. The van der Waals surface area contributed by atoms with Crippen LogP contribution in [0, 0.1) is 0 Å². The van der Waals surface area contributed by atoms with Crippen LogP contribution < -0.4 is 5.56 Å². The second kappa shape index (κ2) is 6.20.